The molecule has 1 atom stereocenters. The van der Waals surface area contributed by atoms with E-state index in [0.717, 1.165) is 9.39 Å². The molecular formula is C13H18FIN2O. The summed E-state index contributed by atoms with van der Waals surface area (Å²) >= 11 is 2.19. The van der Waals surface area contributed by atoms with Gasteiger partial charge in [-0.3, -0.25) is 0 Å². The summed E-state index contributed by atoms with van der Waals surface area (Å²) in [6, 6.07) is 0. The predicted octanol–water partition coefficient (Wildman–Crippen LogP) is 3.09. The van der Waals surface area contributed by atoms with Crippen molar-refractivity contribution in [2.45, 2.75) is 57.3 Å². The smallest absolute Gasteiger partial charge is 0.139 e. The van der Waals surface area contributed by atoms with Gasteiger partial charge in [0.25, 0.3) is 0 Å². The number of rotatable bonds is 3. The Bertz CT molecular complexity index is 492. The number of aliphatic hydroxyl groups excluding tert-OH is 1. The van der Waals surface area contributed by atoms with Crippen LogP contribution >= 0.6 is 22.6 Å². The summed E-state index contributed by atoms with van der Waals surface area (Å²) in [5.74, 6) is 0.835. The molecular weight excluding hydrogens is 346 g/mol. The van der Waals surface area contributed by atoms with Crippen LogP contribution in [0.2, 0.25) is 0 Å². The molecule has 4 rings (SSSR count). The van der Waals surface area contributed by atoms with Gasteiger partial charge in [-0.25, -0.2) is 9.37 Å². The number of halogens is 2. The maximum Gasteiger partial charge on any atom is 0.139 e. The summed E-state index contributed by atoms with van der Waals surface area (Å²) < 4.78 is 16.8. The Kier molecular flexibility index (Phi) is 2.63. The molecule has 3 aliphatic rings. The molecule has 0 amide bonds. The standard InChI is InChI=1S/C13H18FIN2O/c1-7(2)9(18)11-16-10(15)8(3)17(11)13-4-12(14,5-13)6-13/h7,9,18H,4-6H2,1-3H3. The zero-order valence-corrected chi connectivity index (χ0v) is 13.0. The molecule has 1 heterocycles. The van der Waals surface area contributed by atoms with Crippen molar-refractivity contribution in [3.8, 4) is 0 Å². The Hall–Kier alpha value is -0.170. The van der Waals surface area contributed by atoms with Crippen molar-refractivity contribution in [2.24, 2.45) is 5.92 Å². The lowest BCUT2D eigenvalue weighted by Crippen LogP contribution is -2.70. The quantitative estimate of drug-likeness (QED) is 0.838. The van der Waals surface area contributed by atoms with E-state index in [1.165, 1.54) is 0 Å². The van der Waals surface area contributed by atoms with Crippen LogP contribution in [0.1, 0.15) is 50.7 Å². The van der Waals surface area contributed by atoms with Crippen molar-refractivity contribution >= 4 is 22.6 Å². The molecule has 3 aliphatic carbocycles. The minimum Gasteiger partial charge on any atom is -0.385 e. The molecule has 1 aromatic rings. The topological polar surface area (TPSA) is 38.1 Å². The highest BCUT2D eigenvalue weighted by Gasteiger charge is 2.71. The third-order valence-corrected chi connectivity index (χ3v) is 5.41. The number of nitrogens with zero attached hydrogens (tertiary/aromatic N) is 2. The second kappa shape index (κ2) is 3.69. The Morgan fingerprint density at radius 2 is 1.94 bits per heavy atom. The first-order valence-electron chi connectivity index (χ1n) is 6.40. The summed E-state index contributed by atoms with van der Waals surface area (Å²) in [5, 5.41) is 10.3. The average Bonchev–Trinajstić information content (AvgIpc) is 2.49. The maximum atomic E-state index is 13.7. The zero-order valence-electron chi connectivity index (χ0n) is 10.9. The minimum atomic E-state index is -0.928. The second-order valence-electron chi connectivity index (χ2n) is 6.28. The van der Waals surface area contributed by atoms with Crippen molar-refractivity contribution in [3.63, 3.8) is 0 Å². The van der Waals surface area contributed by atoms with Crippen LogP contribution < -0.4 is 0 Å². The monoisotopic (exact) mass is 364 g/mol. The van der Waals surface area contributed by atoms with E-state index in [1.807, 2.05) is 20.8 Å². The fourth-order valence-electron chi connectivity index (χ4n) is 3.44. The third-order valence-electron chi connectivity index (χ3n) is 4.38. The molecule has 100 valence electrons. The SMILES string of the molecule is Cc1c(I)nc(C(O)C(C)C)n1C12CC(F)(C1)C2. The molecule has 1 aromatic heterocycles. The fraction of sp³-hybridized carbons (Fsp3) is 0.769. The van der Waals surface area contributed by atoms with Gasteiger partial charge in [0.05, 0.1) is 5.54 Å². The molecule has 1 N–H and O–H groups in total. The third kappa shape index (κ3) is 1.52. The normalized spacial score (nSPS) is 35.3. The van der Waals surface area contributed by atoms with Gasteiger partial charge in [-0.1, -0.05) is 13.8 Å². The van der Waals surface area contributed by atoms with E-state index in [0.29, 0.717) is 25.1 Å². The number of alkyl halides is 1. The molecule has 5 heteroatoms. The van der Waals surface area contributed by atoms with Crippen molar-refractivity contribution < 1.29 is 9.50 Å². The zero-order chi connectivity index (χ0) is 13.3. The van der Waals surface area contributed by atoms with E-state index in [1.54, 1.807) is 0 Å². The molecule has 3 saturated carbocycles. The summed E-state index contributed by atoms with van der Waals surface area (Å²) in [6.07, 6.45) is 1.19. The lowest BCUT2D eigenvalue weighted by atomic mass is 9.47. The van der Waals surface area contributed by atoms with Crippen molar-refractivity contribution in [2.75, 3.05) is 0 Å². The minimum absolute atomic E-state index is 0.0968. The molecule has 3 fully saturated rings. The largest absolute Gasteiger partial charge is 0.385 e. The number of aromatic nitrogens is 2. The first kappa shape index (κ1) is 12.8. The number of aliphatic hydroxyl groups is 1. The first-order chi connectivity index (χ1) is 8.28. The van der Waals surface area contributed by atoms with Crippen molar-refractivity contribution in [1.82, 2.24) is 9.55 Å². The van der Waals surface area contributed by atoms with Crippen LogP contribution in [0.4, 0.5) is 4.39 Å². The van der Waals surface area contributed by atoms with Gasteiger partial charge in [-0.05, 0) is 35.4 Å². The van der Waals surface area contributed by atoms with Crippen LogP contribution in [0, 0.1) is 16.5 Å². The van der Waals surface area contributed by atoms with Gasteiger partial charge >= 0.3 is 0 Å². The summed E-state index contributed by atoms with van der Waals surface area (Å²) in [4.78, 5) is 4.50. The molecule has 0 aromatic carbocycles. The van der Waals surface area contributed by atoms with E-state index in [-0.39, 0.29) is 11.5 Å². The number of imidazole rings is 1. The lowest BCUT2D eigenvalue weighted by molar-refractivity contribution is -0.201. The lowest BCUT2D eigenvalue weighted by Gasteiger charge is -2.66. The van der Waals surface area contributed by atoms with Gasteiger partial charge in [0, 0.05) is 25.0 Å². The predicted molar refractivity (Wildman–Crippen MR) is 75.1 cm³/mol. The van der Waals surface area contributed by atoms with E-state index >= 15 is 0 Å². The van der Waals surface area contributed by atoms with Crippen LogP contribution in [0.3, 0.4) is 0 Å². The Labute approximate surface area is 120 Å². The highest BCUT2D eigenvalue weighted by atomic mass is 127. The summed E-state index contributed by atoms with van der Waals surface area (Å²) in [6.45, 7) is 5.96. The first-order valence-corrected chi connectivity index (χ1v) is 7.48. The fourth-order valence-corrected chi connectivity index (χ4v) is 3.93. The maximum absolute atomic E-state index is 13.7. The van der Waals surface area contributed by atoms with Crippen molar-refractivity contribution in [1.29, 1.82) is 0 Å². The van der Waals surface area contributed by atoms with Gasteiger partial charge in [0.1, 0.15) is 21.3 Å². The Morgan fingerprint density at radius 3 is 2.39 bits per heavy atom. The van der Waals surface area contributed by atoms with E-state index in [2.05, 4.69) is 32.1 Å². The van der Waals surface area contributed by atoms with Gasteiger partial charge < -0.3 is 9.67 Å². The van der Waals surface area contributed by atoms with E-state index < -0.39 is 11.8 Å². The van der Waals surface area contributed by atoms with Gasteiger partial charge in [-0.15, -0.1) is 0 Å². The highest BCUT2D eigenvalue weighted by molar-refractivity contribution is 14.1. The van der Waals surface area contributed by atoms with Crippen LogP contribution in [-0.2, 0) is 5.54 Å². The number of hydrogen-bond acceptors (Lipinski definition) is 2. The van der Waals surface area contributed by atoms with Crippen molar-refractivity contribution in [3.05, 3.63) is 15.2 Å². The molecule has 1 unspecified atom stereocenters. The van der Waals surface area contributed by atoms with Gasteiger partial charge in [0.2, 0.25) is 0 Å². The molecule has 18 heavy (non-hydrogen) atoms. The van der Waals surface area contributed by atoms with Gasteiger partial charge in [0.15, 0.2) is 0 Å². The summed E-state index contributed by atoms with van der Waals surface area (Å²) in [5.41, 5.74) is 0.0369. The molecule has 0 radical (unpaired) electrons. The van der Waals surface area contributed by atoms with Crippen LogP contribution in [0.15, 0.2) is 0 Å². The molecule has 0 saturated heterocycles. The molecule has 3 nitrogen and oxygen atoms in total. The van der Waals surface area contributed by atoms with Gasteiger partial charge in [-0.2, -0.15) is 0 Å². The molecule has 0 spiro atoms. The number of hydrogen-bond donors (Lipinski definition) is 1. The Morgan fingerprint density at radius 1 is 1.39 bits per heavy atom. The summed E-state index contributed by atoms with van der Waals surface area (Å²) in [7, 11) is 0. The molecule has 0 aliphatic heterocycles. The van der Waals surface area contributed by atoms with E-state index in [9.17, 15) is 9.50 Å². The van der Waals surface area contributed by atoms with E-state index in [4.69, 9.17) is 0 Å². The van der Waals surface area contributed by atoms with Crippen LogP contribution in [0.5, 0.6) is 0 Å². The average molecular weight is 364 g/mol. The second-order valence-corrected chi connectivity index (χ2v) is 7.30. The molecule has 2 bridgehead atoms. The van der Waals surface area contributed by atoms with Crippen LogP contribution in [-0.4, -0.2) is 20.3 Å². The Balaban J connectivity index is 2.03. The highest BCUT2D eigenvalue weighted by Crippen LogP contribution is 2.68. The van der Waals surface area contributed by atoms with Crippen LogP contribution in [0.25, 0.3) is 0 Å².